The molecular formula is C10H10F12O. The molecule has 0 saturated carbocycles. The zero-order chi connectivity index (χ0) is 18.9. The van der Waals surface area contributed by atoms with Crippen molar-refractivity contribution in [2.45, 2.75) is 56.0 Å². The Labute approximate surface area is 121 Å². The lowest BCUT2D eigenvalue weighted by Gasteiger charge is -2.39. The monoisotopic (exact) mass is 374 g/mol. The first-order chi connectivity index (χ1) is 9.97. The van der Waals surface area contributed by atoms with E-state index in [1.54, 1.807) is 0 Å². The van der Waals surface area contributed by atoms with Crippen molar-refractivity contribution in [2.75, 3.05) is 6.61 Å². The molecule has 0 saturated heterocycles. The summed E-state index contributed by atoms with van der Waals surface area (Å²) in [5.74, 6) is -6.14. The Kier molecular flexibility index (Phi) is 6.30. The fourth-order valence-electron chi connectivity index (χ4n) is 1.37. The smallest absolute Gasteiger partial charge is 0.337 e. The molecule has 0 rings (SSSR count). The highest BCUT2D eigenvalue weighted by molar-refractivity contribution is 5.08. The van der Waals surface area contributed by atoms with Crippen LogP contribution in [0.4, 0.5) is 52.7 Å². The van der Waals surface area contributed by atoms with Gasteiger partial charge in [0.05, 0.1) is 6.61 Å². The Morgan fingerprint density at radius 2 is 1.13 bits per heavy atom. The lowest BCUT2D eigenvalue weighted by Crippen LogP contribution is -2.68. The average molecular weight is 374 g/mol. The Morgan fingerprint density at radius 3 is 1.39 bits per heavy atom. The third kappa shape index (κ3) is 3.97. The second-order valence-corrected chi connectivity index (χ2v) is 4.41. The molecule has 0 aliphatic rings. The minimum Gasteiger partial charge on any atom is -0.337 e. The molecule has 0 bridgehead atoms. The van der Waals surface area contributed by atoms with Gasteiger partial charge in [0, 0.05) is 0 Å². The van der Waals surface area contributed by atoms with Crippen LogP contribution in [-0.2, 0) is 4.74 Å². The van der Waals surface area contributed by atoms with Crippen molar-refractivity contribution in [3.63, 3.8) is 0 Å². The van der Waals surface area contributed by atoms with Gasteiger partial charge in [-0.05, 0) is 6.42 Å². The van der Waals surface area contributed by atoms with E-state index in [9.17, 15) is 52.7 Å². The molecule has 2 unspecified atom stereocenters. The Balaban J connectivity index is 6.05. The quantitative estimate of drug-likeness (QED) is 0.459. The topological polar surface area (TPSA) is 9.23 Å². The molecule has 0 radical (unpaired) electrons. The van der Waals surface area contributed by atoms with Crippen molar-refractivity contribution in [1.82, 2.24) is 0 Å². The minimum absolute atomic E-state index is 0.00972. The molecule has 0 aliphatic heterocycles. The number of unbranched alkanes of at least 4 members (excludes halogenated alkanes) is 1. The van der Waals surface area contributed by atoms with Crippen LogP contribution in [-0.4, -0.2) is 42.8 Å². The van der Waals surface area contributed by atoms with E-state index in [4.69, 9.17) is 0 Å². The summed E-state index contributed by atoms with van der Waals surface area (Å²) in [6.07, 6.45) is -27.3. The first-order valence-electron chi connectivity index (χ1n) is 5.82. The van der Waals surface area contributed by atoms with Gasteiger partial charge in [-0.2, -0.15) is 43.9 Å². The molecular weight excluding hydrogens is 364 g/mol. The molecule has 0 aromatic heterocycles. The maximum Gasteiger partial charge on any atom is 0.451 e. The molecule has 0 aromatic carbocycles. The van der Waals surface area contributed by atoms with Crippen molar-refractivity contribution < 1.29 is 57.4 Å². The normalized spacial score (nSPS) is 18.7. The van der Waals surface area contributed by atoms with E-state index in [-0.39, 0.29) is 6.42 Å². The highest BCUT2D eigenvalue weighted by Crippen LogP contribution is 2.55. The molecule has 13 heteroatoms. The maximum atomic E-state index is 13.6. The number of alkyl halides is 12. The first-order valence-corrected chi connectivity index (χ1v) is 5.82. The van der Waals surface area contributed by atoms with Crippen LogP contribution in [0.1, 0.15) is 19.8 Å². The first kappa shape index (κ1) is 22.1. The third-order valence-corrected chi connectivity index (χ3v) is 2.70. The molecule has 0 N–H and O–H groups in total. The van der Waals surface area contributed by atoms with Crippen LogP contribution in [0.2, 0.25) is 0 Å². The SMILES string of the molecule is CCCCOC(F)(C(F)C(F)(C(F)(F)F)C(F)(F)F)C(F)(F)F. The van der Waals surface area contributed by atoms with Crippen LogP contribution in [0.5, 0.6) is 0 Å². The fourth-order valence-corrected chi connectivity index (χ4v) is 1.37. The summed E-state index contributed by atoms with van der Waals surface area (Å²) in [5.41, 5.74) is -7.11. The predicted molar refractivity (Wildman–Crippen MR) is 51.6 cm³/mol. The molecule has 1 nitrogen and oxygen atoms in total. The van der Waals surface area contributed by atoms with E-state index < -0.39 is 49.3 Å². The lowest BCUT2D eigenvalue weighted by molar-refractivity contribution is -0.419. The minimum atomic E-state index is -7.21. The van der Waals surface area contributed by atoms with Crippen LogP contribution in [0.15, 0.2) is 0 Å². The number of ether oxygens (including phenoxy) is 1. The summed E-state index contributed by atoms with van der Waals surface area (Å²) in [4.78, 5) is 0. The van der Waals surface area contributed by atoms with E-state index >= 15 is 0 Å². The van der Waals surface area contributed by atoms with E-state index in [0.717, 1.165) is 0 Å². The second-order valence-electron chi connectivity index (χ2n) is 4.41. The Morgan fingerprint density at radius 1 is 0.739 bits per heavy atom. The van der Waals surface area contributed by atoms with Gasteiger partial charge in [-0.3, -0.25) is 0 Å². The van der Waals surface area contributed by atoms with Crippen molar-refractivity contribution >= 4 is 0 Å². The third-order valence-electron chi connectivity index (χ3n) is 2.70. The Bertz CT molecular complexity index is 369. The zero-order valence-electron chi connectivity index (χ0n) is 11.1. The fraction of sp³-hybridized carbons (Fsp3) is 1.00. The number of hydrogen-bond donors (Lipinski definition) is 0. The van der Waals surface area contributed by atoms with Crippen LogP contribution >= 0.6 is 0 Å². The largest absolute Gasteiger partial charge is 0.451 e. The van der Waals surface area contributed by atoms with Gasteiger partial charge in [-0.15, -0.1) is 0 Å². The number of halogens is 12. The number of hydrogen-bond acceptors (Lipinski definition) is 1. The summed E-state index contributed by atoms with van der Waals surface area (Å²) in [7, 11) is 0. The van der Waals surface area contributed by atoms with E-state index in [1.165, 1.54) is 6.92 Å². The summed E-state index contributed by atoms with van der Waals surface area (Å²) in [6.45, 7) is -0.0760. The molecule has 0 fully saturated rings. The molecule has 0 aliphatic carbocycles. The van der Waals surface area contributed by atoms with Crippen molar-refractivity contribution in [2.24, 2.45) is 0 Å². The maximum absolute atomic E-state index is 13.6. The van der Waals surface area contributed by atoms with Crippen LogP contribution in [0, 0.1) is 0 Å². The number of rotatable bonds is 6. The van der Waals surface area contributed by atoms with Crippen molar-refractivity contribution in [1.29, 1.82) is 0 Å². The molecule has 0 amide bonds. The zero-order valence-corrected chi connectivity index (χ0v) is 11.1. The van der Waals surface area contributed by atoms with Gasteiger partial charge in [0.25, 0.3) is 0 Å². The van der Waals surface area contributed by atoms with Gasteiger partial charge >= 0.3 is 30.1 Å². The van der Waals surface area contributed by atoms with Crippen LogP contribution in [0.25, 0.3) is 0 Å². The van der Waals surface area contributed by atoms with Gasteiger partial charge in [0.2, 0.25) is 6.17 Å². The van der Waals surface area contributed by atoms with E-state index in [1.807, 2.05) is 0 Å². The summed E-state index contributed by atoms with van der Waals surface area (Å²) >= 11 is 0. The predicted octanol–water partition coefficient (Wildman–Crippen LogP) is 5.20. The van der Waals surface area contributed by atoms with Crippen molar-refractivity contribution in [3.05, 3.63) is 0 Å². The average Bonchev–Trinajstić information content (AvgIpc) is 2.32. The molecule has 2 atom stereocenters. The molecule has 0 aromatic rings. The molecule has 23 heavy (non-hydrogen) atoms. The summed E-state index contributed by atoms with van der Waals surface area (Å²) in [6, 6.07) is 0. The van der Waals surface area contributed by atoms with Crippen molar-refractivity contribution in [3.8, 4) is 0 Å². The van der Waals surface area contributed by atoms with Crippen LogP contribution < -0.4 is 0 Å². The van der Waals surface area contributed by atoms with E-state index in [0.29, 0.717) is 0 Å². The van der Waals surface area contributed by atoms with Gasteiger partial charge in [-0.1, -0.05) is 13.3 Å². The summed E-state index contributed by atoms with van der Waals surface area (Å²) in [5, 5.41) is 0. The van der Waals surface area contributed by atoms with Gasteiger partial charge in [0.15, 0.2) is 0 Å². The van der Waals surface area contributed by atoms with E-state index in [2.05, 4.69) is 4.74 Å². The van der Waals surface area contributed by atoms with Crippen LogP contribution in [0.3, 0.4) is 0 Å². The highest BCUT2D eigenvalue weighted by atomic mass is 19.4. The highest BCUT2D eigenvalue weighted by Gasteiger charge is 2.84. The summed E-state index contributed by atoms with van der Waals surface area (Å²) < 4.78 is 154. The van der Waals surface area contributed by atoms with Gasteiger partial charge in [-0.25, -0.2) is 8.78 Å². The van der Waals surface area contributed by atoms with Gasteiger partial charge in [0.1, 0.15) is 0 Å². The van der Waals surface area contributed by atoms with Gasteiger partial charge < -0.3 is 4.74 Å². The molecule has 0 spiro atoms. The molecule has 0 heterocycles. The Hall–Kier alpha value is -0.880. The standard InChI is InChI=1S/C10H10F12O/c1-2-3-4-23-7(13,10(20,21)22)5(11)6(12,8(14,15)16)9(17,18)19/h5H,2-4H2,1H3. The molecule has 140 valence electrons. The lowest BCUT2D eigenvalue weighted by atomic mass is 9.92. The second kappa shape index (κ2) is 6.55.